The molecule has 0 amide bonds. The Morgan fingerprint density at radius 2 is 2.07 bits per heavy atom. The van der Waals surface area contributed by atoms with Crippen LogP contribution in [0.3, 0.4) is 0 Å². The van der Waals surface area contributed by atoms with Crippen molar-refractivity contribution in [1.82, 2.24) is 4.98 Å². The van der Waals surface area contributed by atoms with Gasteiger partial charge in [-0.05, 0) is 17.5 Å². The second kappa shape index (κ2) is 4.38. The monoisotopic (exact) mass is 247 g/mol. The van der Waals surface area contributed by atoms with Crippen molar-refractivity contribution in [2.45, 2.75) is 0 Å². The van der Waals surface area contributed by atoms with E-state index in [9.17, 15) is 0 Å². The summed E-state index contributed by atoms with van der Waals surface area (Å²) in [5, 5.41) is 3.29. The number of fused-ring (bicyclic) bond motifs is 1. The Labute approximate surface area is 91.6 Å². The van der Waals surface area contributed by atoms with Gasteiger partial charge in [-0.1, -0.05) is 46.3 Å². The Kier molecular flexibility index (Phi) is 2.94. The molecular weight excluding hydrogens is 238 g/mol. The van der Waals surface area contributed by atoms with E-state index < -0.39 is 0 Å². The van der Waals surface area contributed by atoms with E-state index in [1.54, 1.807) is 0 Å². The quantitative estimate of drug-likeness (QED) is 0.739. The molecule has 0 radical (unpaired) electrons. The molecule has 70 valence electrons. The van der Waals surface area contributed by atoms with Crippen LogP contribution in [0.5, 0.6) is 0 Å². The summed E-state index contributed by atoms with van der Waals surface area (Å²) in [5.41, 5.74) is 1.03. The summed E-state index contributed by atoms with van der Waals surface area (Å²) in [6.45, 7) is 0. The van der Waals surface area contributed by atoms with Gasteiger partial charge in [-0.3, -0.25) is 4.98 Å². The molecule has 0 spiro atoms. The van der Waals surface area contributed by atoms with E-state index in [0.29, 0.717) is 0 Å². The first kappa shape index (κ1) is 9.41. The van der Waals surface area contributed by atoms with Crippen molar-refractivity contribution in [2.75, 3.05) is 5.33 Å². The maximum Gasteiger partial charge on any atom is 0.0705 e. The largest absolute Gasteiger partial charge is 0.256 e. The standard InChI is InChI=1S/C12H10BrN/c13-8-3-6-12-11-5-2-1-4-10(11)7-9-14-12/h1-7,9H,8H2. The fourth-order valence-electron chi connectivity index (χ4n) is 1.43. The molecule has 1 aromatic carbocycles. The molecule has 0 bridgehead atoms. The highest BCUT2D eigenvalue weighted by molar-refractivity contribution is 9.09. The van der Waals surface area contributed by atoms with Crippen molar-refractivity contribution in [3.05, 3.63) is 48.3 Å². The third kappa shape index (κ3) is 1.85. The molecule has 1 heterocycles. The molecule has 0 fully saturated rings. The van der Waals surface area contributed by atoms with Gasteiger partial charge >= 0.3 is 0 Å². The molecule has 0 aliphatic carbocycles. The van der Waals surface area contributed by atoms with Gasteiger partial charge in [0.2, 0.25) is 0 Å². The van der Waals surface area contributed by atoms with Crippen LogP contribution in [0, 0.1) is 0 Å². The van der Waals surface area contributed by atoms with Crippen molar-refractivity contribution in [3.63, 3.8) is 0 Å². The second-order valence-electron chi connectivity index (χ2n) is 2.97. The lowest BCUT2D eigenvalue weighted by atomic mass is 10.1. The molecule has 2 aromatic rings. The number of pyridine rings is 1. The first-order chi connectivity index (χ1) is 6.92. The maximum atomic E-state index is 4.34. The third-order valence-corrected chi connectivity index (χ3v) is 2.44. The van der Waals surface area contributed by atoms with Gasteiger partial charge in [0.1, 0.15) is 0 Å². The van der Waals surface area contributed by atoms with Gasteiger partial charge in [0, 0.05) is 16.9 Å². The van der Waals surface area contributed by atoms with Gasteiger partial charge in [0.15, 0.2) is 0 Å². The lowest BCUT2D eigenvalue weighted by molar-refractivity contribution is 1.33. The number of aromatic nitrogens is 1. The predicted molar refractivity (Wildman–Crippen MR) is 64.6 cm³/mol. The normalized spacial score (nSPS) is 11.2. The molecule has 0 unspecified atom stereocenters. The van der Waals surface area contributed by atoms with Crippen LogP contribution >= 0.6 is 15.9 Å². The van der Waals surface area contributed by atoms with E-state index in [-0.39, 0.29) is 0 Å². The van der Waals surface area contributed by atoms with Crippen molar-refractivity contribution in [1.29, 1.82) is 0 Å². The fourth-order valence-corrected chi connectivity index (χ4v) is 1.62. The Morgan fingerprint density at radius 3 is 2.93 bits per heavy atom. The lowest BCUT2D eigenvalue weighted by Gasteiger charge is -1.99. The first-order valence-electron chi connectivity index (χ1n) is 4.48. The molecule has 0 N–H and O–H groups in total. The molecule has 2 rings (SSSR count). The zero-order valence-electron chi connectivity index (χ0n) is 7.65. The van der Waals surface area contributed by atoms with Gasteiger partial charge in [-0.15, -0.1) is 0 Å². The number of allylic oxidation sites excluding steroid dienone is 1. The summed E-state index contributed by atoms with van der Waals surface area (Å²) in [7, 11) is 0. The molecule has 0 aliphatic heterocycles. The molecule has 0 saturated heterocycles. The van der Waals surface area contributed by atoms with Crippen LogP contribution in [0.2, 0.25) is 0 Å². The van der Waals surface area contributed by atoms with Crippen LogP contribution in [-0.2, 0) is 0 Å². The Balaban J connectivity index is 2.59. The third-order valence-electron chi connectivity index (χ3n) is 2.07. The molecular formula is C12H10BrN. The summed E-state index contributed by atoms with van der Waals surface area (Å²) in [4.78, 5) is 4.34. The van der Waals surface area contributed by atoms with Crippen molar-refractivity contribution < 1.29 is 0 Å². The summed E-state index contributed by atoms with van der Waals surface area (Å²) in [5.74, 6) is 0. The highest BCUT2D eigenvalue weighted by Gasteiger charge is 1.96. The molecule has 0 saturated carbocycles. The van der Waals surface area contributed by atoms with E-state index >= 15 is 0 Å². The van der Waals surface area contributed by atoms with Gasteiger partial charge in [-0.2, -0.15) is 0 Å². The predicted octanol–water partition coefficient (Wildman–Crippen LogP) is 3.64. The number of hydrogen-bond donors (Lipinski definition) is 0. The van der Waals surface area contributed by atoms with Crippen LogP contribution in [0.15, 0.2) is 42.6 Å². The number of hydrogen-bond acceptors (Lipinski definition) is 1. The number of rotatable bonds is 2. The first-order valence-corrected chi connectivity index (χ1v) is 5.60. The summed E-state index contributed by atoms with van der Waals surface area (Å²) in [6.07, 6.45) is 5.93. The van der Waals surface area contributed by atoms with Crippen molar-refractivity contribution in [3.8, 4) is 0 Å². The van der Waals surface area contributed by atoms with Gasteiger partial charge in [0.05, 0.1) is 5.69 Å². The van der Waals surface area contributed by atoms with Crippen LogP contribution in [0.25, 0.3) is 16.8 Å². The van der Waals surface area contributed by atoms with E-state index in [1.807, 2.05) is 30.5 Å². The second-order valence-corrected chi connectivity index (χ2v) is 3.62. The highest BCUT2D eigenvalue weighted by atomic mass is 79.9. The van der Waals surface area contributed by atoms with E-state index in [4.69, 9.17) is 0 Å². The minimum absolute atomic E-state index is 0.859. The zero-order chi connectivity index (χ0) is 9.80. The van der Waals surface area contributed by atoms with Crippen LogP contribution in [0.1, 0.15) is 5.69 Å². The lowest BCUT2D eigenvalue weighted by Crippen LogP contribution is -1.82. The van der Waals surface area contributed by atoms with Gasteiger partial charge < -0.3 is 0 Å². The number of nitrogens with zero attached hydrogens (tertiary/aromatic N) is 1. The van der Waals surface area contributed by atoms with E-state index in [0.717, 1.165) is 11.0 Å². The van der Waals surface area contributed by atoms with Gasteiger partial charge in [-0.25, -0.2) is 0 Å². The smallest absolute Gasteiger partial charge is 0.0705 e. The Hall–Kier alpha value is -1.15. The molecule has 0 atom stereocenters. The number of halogens is 1. The minimum Gasteiger partial charge on any atom is -0.256 e. The van der Waals surface area contributed by atoms with E-state index in [2.05, 4.69) is 39.1 Å². The van der Waals surface area contributed by atoms with Crippen LogP contribution < -0.4 is 0 Å². The minimum atomic E-state index is 0.859. The number of benzene rings is 1. The molecule has 1 aromatic heterocycles. The highest BCUT2D eigenvalue weighted by Crippen LogP contribution is 2.17. The molecule has 1 nitrogen and oxygen atoms in total. The average Bonchev–Trinajstić information content (AvgIpc) is 2.26. The van der Waals surface area contributed by atoms with Crippen molar-refractivity contribution in [2.24, 2.45) is 0 Å². The molecule has 14 heavy (non-hydrogen) atoms. The fraction of sp³-hybridized carbons (Fsp3) is 0.0833. The maximum absolute atomic E-state index is 4.34. The summed E-state index contributed by atoms with van der Waals surface area (Å²) in [6, 6.07) is 10.3. The number of alkyl halides is 1. The Bertz CT molecular complexity index is 457. The van der Waals surface area contributed by atoms with Crippen molar-refractivity contribution >= 4 is 32.8 Å². The molecule has 0 aliphatic rings. The Morgan fingerprint density at radius 1 is 1.21 bits per heavy atom. The average molecular weight is 248 g/mol. The molecule has 2 heteroatoms. The topological polar surface area (TPSA) is 12.9 Å². The summed E-state index contributed by atoms with van der Waals surface area (Å²) < 4.78 is 0. The summed E-state index contributed by atoms with van der Waals surface area (Å²) >= 11 is 3.36. The SMILES string of the molecule is BrCC=Cc1nccc2ccccc12. The van der Waals surface area contributed by atoms with Crippen LogP contribution in [-0.4, -0.2) is 10.3 Å². The van der Waals surface area contributed by atoms with Gasteiger partial charge in [0.25, 0.3) is 0 Å². The van der Waals surface area contributed by atoms with Crippen LogP contribution in [0.4, 0.5) is 0 Å². The zero-order valence-corrected chi connectivity index (χ0v) is 9.24. The van der Waals surface area contributed by atoms with E-state index in [1.165, 1.54) is 10.8 Å².